The zero-order valence-corrected chi connectivity index (χ0v) is 14.3. The van der Waals surface area contributed by atoms with Gasteiger partial charge in [-0.1, -0.05) is 0 Å². The van der Waals surface area contributed by atoms with Gasteiger partial charge in [0.05, 0.1) is 12.8 Å². The number of nitrogens with zero attached hydrogens (tertiary/aromatic N) is 1. The number of anilines is 1. The Morgan fingerprint density at radius 1 is 1.32 bits per heavy atom. The van der Waals surface area contributed by atoms with Gasteiger partial charge in [-0.15, -0.1) is 11.3 Å². The summed E-state index contributed by atoms with van der Waals surface area (Å²) < 4.78 is 28.6. The summed E-state index contributed by atoms with van der Waals surface area (Å²) in [6.07, 6.45) is 1.07. The topological polar surface area (TPSA) is 85.4 Å². The molecule has 0 spiro atoms. The monoisotopic (exact) mass is 340 g/mol. The molecule has 2 rings (SSSR count). The molecule has 1 aromatic carbocycles. The van der Waals surface area contributed by atoms with E-state index in [0.29, 0.717) is 5.13 Å². The van der Waals surface area contributed by atoms with E-state index in [1.807, 2.05) is 13.8 Å². The summed E-state index contributed by atoms with van der Waals surface area (Å²) in [5, 5.41) is 3.15. The lowest BCUT2D eigenvalue weighted by molar-refractivity contribution is 0.102. The smallest absolute Gasteiger partial charge is 0.257 e. The summed E-state index contributed by atoms with van der Waals surface area (Å²) in [5.41, 5.74) is 1.08. The molecule has 22 heavy (non-hydrogen) atoms. The van der Waals surface area contributed by atoms with Crippen LogP contribution in [0.2, 0.25) is 0 Å². The summed E-state index contributed by atoms with van der Waals surface area (Å²) in [6.45, 7) is 3.77. The first kappa shape index (κ1) is 16.4. The highest BCUT2D eigenvalue weighted by atomic mass is 32.2. The zero-order chi connectivity index (χ0) is 16.5. The van der Waals surface area contributed by atoms with Crippen molar-refractivity contribution in [3.63, 3.8) is 0 Å². The van der Waals surface area contributed by atoms with Crippen molar-refractivity contribution in [1.82, 2.24) is 4.98 Å². The molecule has 0 saturated heterocycles. The predicted octanol–water partition coefficient (Wildman–Crippen LogP) is 2.42. The number of carbonyl (C=O) groups is 1. The van der Waals surface area contributed by atoms with E-state index in [2.05, 4.69) is 10.3 Å². The van der Waals surface area contributed by atoms with Gasteiger partial charge in [0.1, 0.15) is 10.6 Å². The molecule has 0 aliphatic rings. The van der Waals surface area contributed by atoms with Gasteiger partial charge in [0.2, 0.25) is 0 Å². The number of thiazole rings is 1. The largest absolute Gasteiger partial charge is 0.495 e. The van der Waals surface area contributed by atoms with Crippen molar-refractivity contribution in [3.05, 3.63) is 34.3 Å². The van der Waals surface area contributed by atoms with Crippen molar-refractivity contribution >= 4 is 32.2 Å². The summed E-state index contributed by atoms with van der Waals surface area (Å²) in [7, 11) is -2.12. The Bertz CT molecular complexity index is 806. The summed E-state index contributed by atoms with van der Waals surface area (Å²) in [5.74, 6) is -0.207. The number of aryl methyl sites for hydroxylation is 2. The first-order valence-corrected chi connectivity index (χ1v) is 9.06. The van der Waals surface area contributed by atoms with Crippen molar-refractivity contribution in [2.24, 2.45) is 0 Å². The van der Waals surface area contributed by atoms with Crippen LogP contribution in [-0.4, -0.2) is 32.7 Å². The first-order valence-electron chi connectivity index (χ1n) is 6.36. The van der Waals surface area contributed by atoms with Crippen LogP contribution in [-0.2, 0) is 9.84 Å². The Morgan fingerprint density at radius 3 is 2.50 bits per heavy atom. The summed E-state index contributed by atoms with van der Waals surface area (Å²) in [4.78, 5) is 17.5. The number of nitrogens with one attached hydrogen (secondary N) is 1. The van der Waals surface area contributed by atoms with E-state index in [-0.39, 0.29) is 16.2 Å². The highest BCUT2D eigenvalue weighted by Crippen LogP contribution is 2.26. The third kappa shape index (κ3) is 3.45. The minimum Gasteiger partial charge on any atom is -0.495 e. The van der Waals surface area contributed by atoms with Crippen LogP contribution >= 0.6 is 11.3 Å². The van der Waals surface area contributed by atoms with Gasteiger partial charge in [-0.3, -0.25) is 10.1 Å². The van der Waals surface area contributed by atoms with Gasteiger partial charge < -0.3 is 4.74 Å². The number of amides is 1. The van der Waals surface area contributed by atoms with Crippen LogP contribution in [0.3, 0.4) is 0 Å². The normalized spacial score (nSPS) is 11.3. The average Bonchev–Trinajstić information content (AvgIpc) is 2.75. The Labute approximate surface area is 133 Å². The second-order valence-corrected chi connectivity index (χ2v) is 7.94. The fraction of sp³-hybridized carbons (Fsp3) is 0.286. The van der Waals surface area contributed by atoms with Gasteiger partial charge in [0, 0.05) is 16.7 Å². The van der Waals surface area contributed by atoms with Crippen molar-refractivity contribution in [1.29, 1.82) is 0 Å². The molecule has 0 fully saturated rings. The van der Waals surface area contributed by atoms with Gasteiger partial charge in [0.25, 0.3) is 5.91 Å². The number of sulfone groups is 1. The molecule has 0 unspecified atom stereocenters. The molecule has 1 amide bonds. The molecule has 0 saturated carbocycles. The van der Waals surface area contributed by atoms with E-state index in [0.717, 1.165) is 16.8 Å². The molecule has 6 nitrogen and oxygen atoms in total. The van der Waals surface area contributed by atoms with Gasteiger partial charge >= 0.3 is 0 Å². The van der Waals surface area contributed by atoms with Gasteiger partial charge in [0.15, 0.2) is 15.0 Å². The van der Waals surface area contributed by atoms with Crippen molar-refractivity contribution in [2.75, 3.05) is 18.7 Å². The van der Waals surface area contributed by atoms with Crippen molar-refractivity contribution < 1.29 is 17.9 Å². The maximum absolute atomic E-state index is 12.2. The van der Waals surface area contributed by atoms with Crippen LogP contribution in [0.5, 0.6) is 5.75 Å². The van der Waals surface area contributed by atoms with Gasteiger partial charge in [-0.2, -0.15) is 0 Å². The molecule has 1 N–H and O–H groups in total. The quantitative estimate of drug-likeness (QED) is 0.924. The van der Waals surface area contributed by atoms with E-state index in [1.54, 1.807) is 0 Å². The molecular formula is C14H16N2O4S2. The molecule has 118 valence electrons. The molecule has 1 heterocycles. The predicted molar refractivity (Wildman–Crippen MR) is 85.6 cm³/mol. The highest BCUT2D eigenvalue weighted by molar-refractivity contribution is 7.90. The molecule has 2 aromatic rings. The third-order valence-electron chi connectivity index (χ3n) is 3.07. The second-order valence-electron chi connectivity index (χ2n) is 4.75. The lowest BCUT2D eigenvalue weighted by Crippen LogP contribution is -2.13. The van der Waals surface area contributed by atoms with Crippen molar-refractivity contribution in [2.45, 2.75) is 18.7 Å². The number of methoxy groups -OCH3 is 1. The molecular weight excluding hydrogens is 324 g/mol. The maximum Gasteiger partial charge on any atom is 0.257 e. The van der Waals surface area contributed by atoms with E-state index in [4.69, 9.17) is 4.74 Å². The number of ether oxygens (including phenoxy) is 1. The van der Waals surface area contributed by atoms with Crippen LogP contribution in [0.25, 0.3) is 0 Å². The second kappa shape index (κ2) is 6.05. The molecule has 8 heteroatoms. The zero-order valence-electron chi connectivity index (χ0n) is 12.6. The Hall–Kier alpha value is -1.93. The number of rotatable bonds is 4. The molecule has 0 aliphatic heterocycles. The summed E-state index contributed by atoms with van der Waals surface area (Å²) >= 11 is 1.37. The Kier molecular flexibility index (Phi) is 4.52. The maximum atomic E-state index is 12.2. The van der Waals surface area contributed by atoms with E-state index >= 15 is 0 Å². The van der Waals surface area contributed by atoms with Gasteiger partial charge in [-0.05, 0) is 32.0 Å². The average molecular weight is 340 g/mol. The number of aromatic nitrogens is 1. The van der Waals surface area contributed by atoms with Crippen LogP contribution in [0, 0.1) is 13.8 Å². The highest BCUT2D eigenvalue weighted by Gasteiger charge is 2.18. The van der Waals surface area contributed by atoms with E-state index in [9.17, 15) is 13.2 Å². The molecule has 0 atom stereocenters. The fourth-order valence-electron chi connectivity index (χ4n) is 1.80. The van der Waals surface area contributed by atoms with Crippen LogP contribution < -0.4 is 10.1 Å². The lowest BCUT2D eigenvalue weighted by Gasteiger charge is -2.09. The molecule has 0 radical (unpaired) electrons. The Balaban J connectivity index is 2.34. The van der Waals surface area contributed by atoms with Gasteiger partial charge in [-0.25, -0.2) is 13.4 Å². The lowest BCUT2D eigenvalue weighted by atomic mass is 10.2. The molecule has 0 bridgehead atoms. The van der Waals surface area contributed by atoms with Crippen molar-refractivity contribution in [3.8, 4) is 5.75 Å². The minimum atomic E-state index is -3.50. The van der Waals surface area contributed by atoms with E-state index in [1.165, 1.54) is 36.6 Å². The molecule has 1 aromatic heterocycles. The van der Waals surface area contributed by atoms with Crippen LogP contribution in [0.15, 0.2) is 23.1 Å². The number of hydrogen-bond donors (Lipinski definition) is 1. The Morgan fingerprint density at radius 2 is 2.00 bits per heavy atom. The standard InChI is InChI=1S/C14H16N2O4S2/c1-8-9(2)21-14(15-8)16-13(17)10-5-6-11(20-3)12(7-10)22(4,18)19/h5-7H,1-4H3,(H,15,16,17). The molecule has 0 aliphatic carbocycles. The fourth-order valence-corrected chi connectivity index (χ4v) is 3.47. The first-order chi connectivity index (χ1) is 10.2. The number of hydrogen-bond acceptors (Lipinski definition) is 6. The van der Waals surface area contributed by atoms with Crippen LogP contribution in [0.4, 0.5) is 5.13 Å². The SMILES string of the molecule is COc1ccc(C(=O)Nc2nc(C)c(C)s2)cc1S(C)(=O)=O. The van der Waals surface area contributed by atoms with Crippen LogP contribution in [0.1, 0.15) is 20.9 Å². The number of benzene rings is 1. The number of carbonyl (C=O) groups excluding carboxylic acids is 1. The minimum absolute atomic E-state index is 0.0193. The summed E-state index contributed by atoms with van der Waals surface area (Å²) in [6, 6.07) is 4.27. The van der Waals surface area contributed by atoms with E-state index < -0.39 is 15.7 Å². The third-order valence-corrected chi connectivity index (χ3v) is 5.18.